The number of carbonyl (C=O) groups excluding carboxylic acids is 1. The Morgan fingerprint density at radius 3 is 2.24 bits per heavy atom. The summed E-state index contributed by atoms with van der Waals surface area (Å²) >= 11 is 0. The van der Waals surface area contributed by atoms with Crippen LogP contribution in [-0.2, 0) is 13.1 Å². The average Bonchev–Trinajstić information content (AvgIpc) is 3.01. The summed E-state index contributed by atoms with van der Waals surface area (Å²) in [7, 11) is 0. The van der Waals surface area contributed by atoms with Crippen LogP contribution in [0.2, 0.25) is 0 Å². The van der Waals surface area contributed by atoms with Gasteiger partial charge in [-0.2, -0.15) is 0 Å². The van der Waals surface area contributed by atoms with Gasteiger partial charge in [-0.25, -0.2) is 9.13 Å². The molecule has 1 aromatic rings. The fourth-order valence-electron chi connectivity index (χ4n) is 2.97. The molecule has 1 rings (SSSR count). The molecule has 0 aliphatic rings. The summed E-state index contributed by atoms with van der Waals surface area (Å²) in [4.78, 5) is 8.33. The quantitative estimate of drug-likeness (QED) is 0.404. The normalized spacial score (nSPS) is 11.6. The molecule has 0 N–H and O–H groups in total. The highest BCUT2D eigenvalue weighted by Crippen LogP contribution is 2.14. The van der Waals surface area contributed by atoms with Crippen LogP contribution in [0.5, 0.6) is 0 Å². The van der Waals surface area contributed by atoms with E-state index in [1.54, 1.807) is 0 Å². The fraction of sp³-hybridized carbons (Fsp3) is 0.800. The summed E-state index contributed by atoms with van der Waals surface area (Å²) < 4.78 is 4.76. The molecule has 25 heavy (non-hydrogen) atoms. The van der Waals surface area contributed by atoms with Gasteiger partial charge in [0.2, 0.25) is 6.33 Å². The van der Waals surface area contributed by atoms with Gasteiger partial charge >= 0.3 is 1.43 Å². The summed E-state index contributed by atoms with van der Waals surface area (Å²) in [5.41, 5.74) is 0. The van der Waals surface area contributed by atoms with Crippen LogP contribution < -0.4 is 14.8 Å². The molecule has 0 aliphatic carbocycles. The Morgan fingerprint density at radius 2 is 1.64 bits per heavy atom. The largest absolute Gasteiger partial charge is 1.00 e. The van der Waals surface area contributed by atoms with Crippen molar-refractivity contribution in [1.29, 1.82) is 0 Å². The van der Waals surface area contributed by atoms with E-state index in [2.05, 4.69) is 48.6 Å². The second-order valence-corrected chi connectivity index (χ2v) is 6.78. The highest BCUT2D eigenvalue weighted by atomic mass is 16.6. The lowest BCUT2D eigenvalue weighted by Gasteiger charge is -2.11. The van der Waals surface area contributed by atoms with Gasteiger partial charge < -0.3 is 15.0 Å². The lowest BCUT2D eigenvalue weighted by Crippen LogP contribution is -2.37. The smallest absolute Gasteiger partial charge is 0.652 e. The zero-order valence-electron chi connectivity index (χ0n) is 17.4. The maximum atomic E-state index is 8.33. The van der Waals surface area contributed by atoms with E-state index in [0.717, 1.165) is 5.92 Å². The maximum absolute atomic E-state index is 8.33. The highest BCUT2D eigenvalue weighted by Gasteiger charge is 2.11. The first kappa shape index (κ1) is 23.5. The van der Waals surface area contributed by atoms with Crippen molar-refractivity contribution >= 4 is 6.16 Å². The first-order valence-corrected chi connectivity index (χ1v) is 9.96. The minimum atomic E-state index is -2.33. The second kappa shape index (κ2) is 16.0. The van der Waals surface area contributed by atoms with E-state index < -0.39 is 6.16 Å². The second-order valence-electron chi connectivity index (χ2n) is 6.78. The molecule has 5 nitrogen and oxygen atoms in total. The van der Waals surface area contributed by atoms with Gasteiger partial charge in [-0.05, 0) is 37.8 Å². The van der Waals surface area contributed by atoms with E-state index in [-0.39, 0.29) is 1.43 Å². The van der Waals surface area contributed by atoms with E-state index >= 15 is 0 Å². The van der Waals surface area contributed by atoms with Crippen LogP contribution in [-0.4, -0.2) is 10.7 Å². The Labute approximate surface area is 155 Å². The minimum absolute atomic E-state index is 0. The van der Waals surface area contributed by atoms with Crippen molar-refractivity contribution in [3.63, 3.8) is 0 Å². The number of carbonyl (C=O) groups is 1. The Morgan fingerprint density at radius 1 is 1.04 bits per heavy atom. The molecular formula is C20H38N2O3. The Bertz CT molecular complexity index is 434. The van der Waals surface area contributed by atoms with Gasteiger partial charge in [0.15, 0.2) is 0 Å². The molecule has 1 atom stereocenters. The SMILES string of the molecule is CCCCCCCC[n+]1ccn(CC(CC)CCCC)c1.O=C([O-])[O-].[H+]. The van der Waals surface area contributed by atoms with E-state index in [0.29, 0.717) is 0 Å². The summed E-state index contributed by atoms with van der Waals surface area (Å²) in [5.74, 6) is 0.847. The van der Waals surface area contributed by atoms with Gasteiger partial charge in [0.1, 0.15) is 12.4 Å². The van der Waals surface area contributed by atoms with Gasteiger partial charge in [0.05, 0.1) is 13.1 Å². The number of aryl methyl sites for hydroxylation is 1. The zero-order valence-corrected chi connectivity index (χ0v) is 16.4. The van der Waals surface area contributed by atoms with Gasteiger partial charge in [0, 0.05) is 0 Å². The minimum Gasteiger partial charge on any atom is -0.652 e. The molecule has 0 saturated carbocycles. The third-order valence-corrected chi connectivity index (χ3v) is 4.53. The van der Waals surface area contributed by atoms with Crippen LogP contribution in [0.3, 0.4) is 0 Å². The van der Waals surface area contributed by atoms with Crippen LogP contribution in [0.1, 0.15) is 86.4 Å². The molecule has 0 aliphatic heterocycles. The van der Waals surface area contributed by atoms with Crippen molar-refractivity contribution in [3.05, 3.63) is 18.7 Å². The summed E-state index contributed by atoms with van der Waals surface area (Å²) in [6.45, 7) is 9.28. The monoisotopic (exact) mass is 354 g/mol. The highest BCUT2D eigenvalue weighted by molar-refractivity contribution is 5.47. The summed E-state index contributed by atoms with van der Waals surface area (Å²) in [6.07, 6.45) is 18.1. The number of unbranched alkanes of at least 4 members (excludes halogenated alkanes) is 6. The third-order valence-electron chi connectivity index (χ3n) is 4.53. The van der Waals surface area contributed by atoms with Crippen molar-refractivity contribution in [2.75, 3.05) is 0 Å². The predicted octanol–water partition coefficient (Wildman–Crippen LogP) is 3.02. The van der Waals surface area contributed by atoms with E-state index in [4.69, 9.17) is 15.0 Å². The van der Waals surface area contributed by atoms with E-state index in [9.17, 15) is 0 Å². The van der Waals surface area contributed by atoms with Crippen molar-refractivity contribution in [3.8, 4) is 0 Å². The molecule has 1 heterocycles. The van der Waals surface area contributed by atoms with Crippen LogP contribution >= 0.6 is 0 Å². The molecule has 0 radical (unpaired) electrons. The molecule has 0 amide bonds. The van der Waals surface area contributed by atoms with Crippen LogP contribution in [0.4, 0.5) is 4.79 Å². The predicted molar refractivity (Wildman–Crippen MR) is 97.8 cm³/mol. The molecule has 146 valence electrons. The van der Waals surface area contributed by atoms with Crippen LogP contribution in [0.15, 0.2) is 18.7 Å². The molecule has 0 aromatic carbocycles. The topological polar surface area (TPSA) is 72.0 Å². The third kappa shape index (κ3) is 14.5. The van der Waals surface area contributed by atoms with Crippen molar-refractivity contribution < 1.29 is 21.0 Å². The molecule has 0 fully saturated rings. The van der Waals surface area contributed by atoms with E-state index in [1.807, 2.05) is 0 Å². The van der Waals surface area contributed by atoms with Crippen molar-refractivity contribution in [1.82, 2.24) is 4.57 Å². The Balaban J connectivity index is 0. The molecule has 0 spiro atoms. The Hall–Kier alpha value is -1.52. The molecular weight excluding hydrogens is 316 g/mol. The van der Waals surface area contributed by atoms with Crippen molar-refractivity contribution in [2.45, 2.75) is 98.1 Å². The molecule has 1 unspecified atom stereocenters. The molecule has 0 bridgehead atoms. The van der Waals surface area contributed by atoms with Gasteiger partial charge in [-0.1, -0.05) is 59.3 Å². The number of aromatic nitrogens is 2. The van der Waals surface area contributed by atoms with Gasteiger partial charge in [0.25, 0.3) is 0 Å². The average molecular weight is 355 g/mol. The number of rotatable bonds is 13. The van der Waals surface area contributed by atoms with Crippen LogP contribution in [0, 0.1) is 5.92 Å². The standard InChI is InChI=1S/C19H37N2.CH2O3/c1-4-7-9-10-11-12-14-20-15-16-21(18-20)17-19(6-3)13-8-5-2;2-1(3)4/h15-16,18-19H,4-14,17H2,1-3H3;(H2,2,3,4)/q+1;/p-1. The van der Waals surface area contributed by atoms with Crippen LogP contribution in [0.25, 0.3) is 0 Å². The first-order valence-electron chi connectivity index (χ1n) is 9.96. The lowest BCUT2D eigenvalue weighted by molar-refractivity contribution is -0.697. The molecule has 0 saturated heterocycles. The Kier molecular flexibility index (Phi) is 15.0. The lowest BCUT2D eigenvalue weighted by atomic mass is 9.99. The van der Waals surface area contributed by atoms with Gasteiger partial charge in [-0.3, -0.25) is 0 Å². The zero-order chi connectivity index (χ0) is 18.9. The number of hydrogen-bond donors (Lipinski definition) is 0. The molecule has 1 aromatic heterocycles. The fourth-order valence-corrected chi connectivity index (χ4v) is 2.97. The maximum Gasteiger partial charge on any atom is 1.00 e. The molecule has 5 heteroatoms. The number of imidazole rings is 1. The van der Waals surface area contributed by atoms with Crippen molar-refractivity contribution in [2.24, 2.45) is 5.92 Å². The summed E-state index contributed by atoms with van der Waals surface area (Å²) in [5, 5.41) is 16.7. The number of carboxylic acid groups (broad SMARTS) is 2. The number of nitrogens with zero attached hydrogens (tertiary/aromatic N) is 2. The number of hydrogen-bond acceptors (Lipinski definition) is 3. The van der Waals surface area contributed by atoms with E-state index in [1.165, 1.54) is 77.3 Å². The first-order chi connectivity index (χ1) is 12.0. The van der Waals surface area contributed by atoms with Gasteiger partial charge in [-0.15, -0.1) is 0 Å². The summed E-state index contributed by atoms with van der Waals surface area (Å²) in [6, 6.07) is 0.